The molecule has 0 saturated heterocycles. The number of hydrogen-bond acceptors (Lipinski definition) is 4. The van der Waals surface area contributed by atoms with Gasteiger partial charge in [-0.25, -0.2) is 9.97 Å². The second-order valence-electron chi connectivity index (χ2n) is 2.54. The summed E-state index contributed by atoms with van der Waals surface area (Å²) < 4.78 is 0.682. The maximum absolute atomic E-state index is 5.10. The van der Waals surface area contributed by atoms with E-state index in [1.165, 1.54) is 0 Å². The molecule has 12 heavy (non-hydrogen) atoms. The van der Waals surface area contributed by atoms with E-state index in [0.717, 1.165) is 21.2 Å². The van der Waals surface area contributed by atoms with Gasteiger partial charge in [0.05, 0.1) is 5.01 Å². The van der Waals surface area contributed by atoms with E-state index >= 15 is 0 Å². The molecule has 0 spiro atoms. The average molecular weight is 197 g/mol. The maximum Gasteiger partial charge on any atom is 0.148 e. The van der Waals surface area contributed by atoms with Crippen LogP contribution in [-0.4, -0.2) is 15.0 Å². The first-order chi connectivity index (χ1) is 5.66. The van der Waals surface area contributed by atoms with E-state index in [4.69, 9.17) is 12.2 Å². The minimum atomic E-state index is 0.682. The van der Waals surface area contributed by atoms with Crippen LogP contribution >= 0.6 is 23.6 Å². The molecule has 0 fully saturated rings. The Kier molecular flexibility index (Phi) is 1.69. The summed E-state index contributed by atoms with van der Waals surface area (Å²) in [5.41, 5.74) is 0.818. The van der Waals surface area contributed by atoms with Gasteiger partial charge in [-0.1, -0.05) is 23.6 Å². The van der Waals surface area contributed by atoms with Crippen LogP contribution in [0.25, 0.3) is 10.3 Å². The van der Waals surface area contributed by atoms with Gasteiger partial charge in [0.1, 0.15) is 20.8 Å². The van der Waals surface area contributed by atoms with E-state index in [-0.39, 0.29) is 0 Å². The molecule has 2 heterocycles. The standard InChI is InChI=1S/C7H7N3S2/c1-3-8-6(11)5-7(9-3)12-4(2)10-5/h1-2H3,(H,8,9,11). The lowest BCUT2D eigenvalue weighted by Crippen LogP contribution is -1.87. The summed E-state index contributed by atoms with van der Waals surface area (Å²) in [5.74, 6) is 0.844. The van der Waals surface area contributed by atoms with Crippen LogP contribution in [0.1, 0.15) is 10.8 Å². The molecule has 0 saturated carbocycles. The fourth-order valence-electron chi connectivity index (χ4n) is 1.04. The number of hydrogen-bond donors (Lipinski definition) is 1. The van der Waals surface area contributed by atoms with Crippen molar-refractivity contribution in [3.63, 3.8) is 0 Å². The van der Waals surface area contributed by atoms with Crippen LogP contribution in [0.4, 0.5) is 0 Å². The minimum absolute atomic E-state index is 0.682. The number of nitrogens with zero attached hydrogens (tertiary/aromatic N) is 2. The highest BCUT2D eigenvalue weighted by atomic mass is 32.1. The Labute approximate surface area is 78.5 Å². The van der Waals surface area contributed by atoms with Gasteiger partial charge in [0.2, 0.25) is 0 Å². The smallest absolute Gasteiger partial charge is 0.148 e. The number of thiazole rings is 1. The third kappa shape index (κ3) is 1.15. The number of aromatic nitrogens is 3. The quantitative estimate of drug-likeness (QED) is 0.659. The molecule has 62 valence electrons. The summed E-state index contributed by atoms with van der Waals surface area (Å²) in [4.78, 5) is 12.5. The van der Waals surface area contributed by atoms with Crippen molar-refractivity contribution in [2.24, 2.45) is 0 Å². The molecule has 0 unspecified atom stereocenters. The average Bonchev–Trinajstić information content (AvgIpc) is 2.29. The lowest BCUT2D eigenvalue weighted by molar-refractivity contribution is 1.08. The molecule has 0 amide bonds. The summed E-state index contributed by atoms with van der Waals surface area (Å²) in [7, 11) is 0. The molecule has 2 aromatic rings. The fourth-order valence-corrected chi connectivity index (χ4v) is 2.24. The largest absolute Gasteiger partial charge is 0.333 e. The number of aromatic amines is 1. The number of H-pyrrole nitrogens is 1. The van der Waals surface area contributed by atoms with Crippen molar-refractivity contribution in [2.45, 2.75) is 13.8 Å². The van der Waals surface area contributed by atoms with E-state index < -0.39 is 0 Å². The van der Waals surface area contributed by atoms with Gasteiger partial charge >= 0.3 is 0 Å². The third-order valence-electron chi connectivity index (χ3n) is 1.49. The first-order valence-corrected chi connectivity index (χ1v) is 4.73. The molecule has 0 aliphatic rings. The van der Waals surface area contributed by atoms with E-state index in [2.05, 4.69) is 15.0 Å². The lowest BCUT2D eigenvalue weighted by Gasteiger charge is -1.90. The highest BCUT2D eigenvalue weighted by molar-refractivity contribution is 7.71. The Bertz CT molecular complexity index is 483. The van der Waals surface area contributed by atoms with Crippen LogP contribution < -0.4 is 0 Å². The number of fused-ring (bicyclic) bond motifs is 1. The molecule has 0 aromatic carbocycles. The van der Waals surface area contributed by atoms with Gasteiger partial charge in [-0.3, -0.25) is 0 Å². The van der Waals surface area contributed by atoms with Gasteiger partial charge in [-0.2, -0.15) is 0 Å². The van der Waals surface area contributed by atoms with Crippen LogP contribution in [0.3, 0.4) is 0 Å². The Morgan fingerprint density at radius 2 is 2.08 bits per heavy atom. The van der Waals surface area contributed by atoms with Crippen molar-refractivity contribution in [1.82, 2.24) is 15.0 Å². The molecular formula is C7H7N3S2. The predicted octanol–water partition coefficient (Wildman–Crippen LogP) is 2.37. The lowest BCUT2D eigenvalue weighted by atomic mass is 10.5. The molecule has 1 N–H and O–H groups in total. The van der Waals surface area contributed by atoms with Crippen molar-refractivity contribution in [3.05, 3.63) is 15.5 Å². The predicted molar refractivity (Wildman–Crippen MR) is 52.1 cm³/mol. The molecule has 0 atom stereocenters. The van der Waals surface area contributed by atoms with E-state index in [1.807, 2.05) is 13.8 Å². The molecule has 2 aromatic heterocycles. The molecule has 2 rings (SSSR count). The van der Waals surface area contributed by atoms with Crippen LogP contribution in [0.15, 0.2) is 0 Å². The normalized spacial score (nSPS) is 10.8. The summed E-state index contributed by atoms with van der Waals surface area (Å²) >= 11 is 6.67. The van der Waals surface area contributed by atoms with Crippen LogP contribution in [0.2, 0.25) is 0 Å². The van der Waals surface area contributed by atoms with Crippen molar-refractivity contribution < 1.29 is 0 Å². The zero-order valence-electron chi connectivity index (χ0n) is 6.71. The van der Waals surface area contributed by atoms with Crippen LogP contribution in [-0.2, 0) is 0 Å². The van der Waals surface area contributed by atoms with Gasteiger partial charge in [-0.15, -0.1) is 0 Å². The zero-order valence-corrected chi connectivity index (χ0v) is 8.34. The van der Waals surface area contributed by atoms with Crippen molar-refractivity contribution in [1.29, 1.82) is 0 Å². The van der Waals surface area contributed by atoms with Gasteiger partial charge in [0, 0.05) is 0 Å². The Hall–Kier alpha value is -0.810. The van der Waals surface area contributed by atoms with Gasteiger partial charge in [-0.05, 0) is 13.8 Å². The first-order valence-electron chi connectivity index (χ1n) is 3.51. The SMILES string of the molecule is Cc1nc2sc(C)nc2c(=S)[nH]1. The van der Waals surface area contributed by atoms with Crippen LogP contribution in [0, 0.1) is 18.5 Å². The molecule has 0 bridgehead atoms. The fraction of sp³-hybridized carbons (Fsp3) is 0.286. The Morgan fingerprint density at radius 1 is 1.33 bits per heavy atom. The van der Waals surface area contributed by atoms with Gasteiger partial charge < -0.3 is 4.98 Å². The van der Waals surface area contributed by atoms with E-state index in [9.17, 15) is 0 Å². The highest BCUT2D eigenvalue weighted by Crippen LogP contribution is 2.19. The topological polar surface area (TPSA) is 41.6 Å². The molecule has 0 aliphatic carbocycles. The van der Waals surface area contributed by atoms with Crippen LogP contribution in [0.5, 0.6) is 0 Å². The molecular weight excluding hydrogens is 190 g/mol. The molecule has 3 nitrogen and oxygen atoms in total. The number of nitrogens with one attached hydrogen (secondary N) is 1. The summed E-state index contributed by atoms with van der Waals surface area (Å²) in [6.07, 6.45) is 0. The van der Waals surface area contributed by atoms with Gasteiger partial charge in [0.15, 0.2) is 0 Å². The zero-order chi connectivity index (χ0) is 8.72. The molecule has 0 aliphatic heterocycles. The summed E-state index contributed by atoms with van der Waals surface area (Å²) in [6.45, 7) is 3.85. The second-order valence-corrected chi connectivity index (χ2v) is 4.13. The Balaban J connectivity index is 2.98. The molecule has 5 heteroatoms. The number of aryl methyl sites for hydroxylation is 2. The maximum atomic E-state index is 5.10. The summed E-state index contributed by atoms with van der Waals surface area (Å²) in [5, 5.41) is 1.00. The van der Waals surface area contributed by atoms with Gasteiger partial charge in [0.25, 0.3) is 0 Å². The van der Waals surface area contributed by atoms with E-state index in [1.54, 1.807) is 11.3 Å². The minimum Gasteiger partial charge on any atom is -0.333 e. The summed E-state index contributed by atoms with van der Waals surface area (Å²) in [6, 6.07) is 0. The third-order valence-corrected chi connectivity index (χ3v) is 2.66. The van der Waals surface area contributed by atoms with Crippen molar-refractivity contribution in [2.75, 3.05) is 0 Å². The second kappa shape index (κ2) is 2.60. The first kappa shape index (κ1) is 7.82. The monoisotopic (exact) mass is 197 g/mol. The molecule has 0 radical (unpaired) electrons. The van der Waals surface area contributed by atoms with E-state index in [0.29, 0.717) is 4.64 Å². The Morgan fingerprint density at radius 3 is 2.83 bits per heavy atom. The van der Waals surface area contributed by atoms with Crippen molar-refractivity contribution in [3.8, 4) is 0 Å². The highest BCUT2D eigenvalue weighted by Gasteiger charge is 2.03. The van der Waals surface area contributed by atoms with Crippen molar-refractivity contribution >= 4 is 33.9 Å². The number of rotatable bonds is 0.